The maximum Gasteiger partial charge on any atom is 0.243 e. The Balaban J connectivity index is 1.22. The van der Waals surface area contributed by atoms with Crippen molar-refractivity contribution in [3.63, 3.8) is 0 Å². The first kappa shape index (κ1) is 22.0. The third-order valence-electron chi connectivity index (χ3n) is 7.18. The Bertz CT molecular complexity index is 1200. The van der Waals surface area contributed by atoms with Gasteiger partial charge in [-0.1, -0.05) is 43.2 Å². The summed E-state index contributed by atoms with van der Waals surface area (Å²) in [5, 5.41) is 1.82. The van der Waals surface area contributed by atoms with Gasteiger partial charge in [-0.05, 0) is 35.7 Å². The first-order valence-electron chi connectivity index (χ1n) is 11.5. The number of hydrogen-bond donors (Lipinski definition) is 0. The Labute approximate surface area is 193 Å². The van der Waals surface area contributed by atoms with Gasteiger partial charge in [0.25, 0.3) is 0 Å². The fraction of sp³-hybridized carbons (Fsp3) is 0.458. The molecule has 8 nitrogen and oxygen atoms in total. The lowest BCUT2D eigenvalue weighted by atomic mass is 9.81. The highest BCUT2D eigenvalue weighted by molar-refractivity contribution is 7.89. The first-order chi connectivity index (χ1) is 15.9. The van der Waals surface area contributed by atoms with Gasteiger partial charge < -0.3 is 4.90 Å². The predicted molar refractivity (Wildman–Crippen MR) is 121 cm³/mol. The molecule has 2 unspecified atom stereocenters. The van der Waals surface area contributed by atoms with Crippen LogP contribution in [-0.4, -0.2) is 73.0 Å². The molecule has 0 radical (unpaired) electrons. The number of benzene rings is 2. The van der Waals surface area contributed by atoms with Crippen molar-refractivity contribution in [1.82, 2.24) is 14.1 Å². The van der Waals surface area contributed by atoms with E-state index in [1.165, 1.54) is 4.31 Å². The van der Waals surface area contributed by atoms with Crippen molar-refractivity contribution in [1.29, 1.82) is 0 Å². The quantitative estimate of drug-likeness (QED) is 0.637. The number of rotatable bonds is 4. The molecule has 0 N–H and O–H groups in total. The van der Waals surface area contributed by atoms with Crippen LogP contribution in [0.4, 0.5) is 0 Å². The largest absolute Gasteiger partial charge is 0.338 e. The molecule has 3 fully saturated rings. The average molecular weight is 470 g/mol. The van der Waals surface area contributed by atoms with Gasteiger partial charge in [0.15, 0.2) is 0 Å². The number of nitrogens with zero attached hydrogens (tertiary/aromatic N) is 3. The second-order valence-electron chi connectivity index (χ2n) is 9.05. The number of carbonyl (C=O) groups excluding carboxylic acids is 3. The zero-order valence-corrected chi connectivity index (χ0v) is 19.2. The van der Waals surface area contributed by atoms with Gasteiger partial charge in [0.1, 0.15) is 6.54 Å². The summed E-state index contributed by atoms with van der Waals surface area (Å²) in [4.78, 5) is 41.0. The van der Waals surface area contributed by atoms with Crippen molar-refractivity contribution in [2.45, 2.75) is 30.6 Å². The fourth-order valence-electron chi connectivity index (χ4n) is 5.28. The molecule has 1 saturated carbocycles. The van der Waals surface area contributed by atoms with Gasteiger partial charge in [0.2, 0.25) is 27.7 Å². The zero-order valence-electron chi connectivity index (χ0n) is 18.4. The second kappa shape index (κ2) is 8.53. The summed E-state index contributed by atoms with van der Waals surface area (Å²) < 4.78 is 27.7. The lowest BCUT2D eigenvalue weighted by Gasteiger charge is -2.34. The van der Waals surface area contributed by atoms with Crippen LogP contribution in [0.1, 0.15) is 25.7 Å². The SMILES string of the molecule is O=C(CN1C(=O)C2CCCCC2C1=O)N1CCN(S(=O)(=O)c2ccc3ccccc3c2)CC1. The molecule has 2 aromatic carbocycles. The highest BCUT2D eigenvalue weighted by Crippen LogP contribution is 2.38. The minimum absolute atomic E-state index is 0.175. The van der Waals surface area contributed by atoms with Gasteiger partial charge >= 0.3 is 0 Å². The summed E-state index contributed by atoms with van der Waals surface area (Å²) in [5.74, 6) is -1.31. The van der Waals surface area contributed by atoms with E-state index in [-0.39, 0.29) is 67.2 Å². The monoisotopic (exact) mass is 469 g/mol. The van der Waals surface area contributed by atoms with Crippen LogP contribution in [0, 0.1) is 11.8 Å². The van der Waals surface area contributed by atoms with Gasteiger partial charge in [0, 0.05) is 26.2 Å². The minimum Gasteiger partial charge on any atom is -0.338 e. The van der Waals surface area contributed by atoms with Gasteiger partial charge in [-0.2, -0.15) is 4.31 Å². The Morgan fingerprint density at radius 3 is 2.09 bits per heavy atom. The number of amides is 3. The maximum absolute atomic E-state index is 13.1. The third-order valence-corrected chi connectivity index (χ3v) is 9.07. The summed E-state index contributed by atoms with van der Waals surface area (Å²) in [6.45, 7) is 0.563. The van der Waals surface area contributed by atoms with Crippen LogP contribution in [0.2, 0.25) is 0 Å². The summed E-state index contributed by atoms with van der Waals surface area (Å²) in [5.41, 5.74) is 0. The Morgan fingerprint density at radius 2 is 1.45 bits per heavy atom. The van der Waals surface area contributed by atoms with E-state index in [1.54, 1.807) is 23.1 Å². The third kappa shape index (κ3) is 3.93. The number of carbonyl (C=O) groups is 3. The van der Waals surface area contributed by atoms with Crippen LogP contribution in [0.5, 0.6) is 0 Å². The molecule has 9 heteroatoms. The Morgan fingerprint density at radius 1 is 0.848 bits per heavy atom. The molecule has 0 aromatic heterocycles. The van der Waals surface area contributed by atoms with Crippen molar-refractivity contribution in [2.75, 3.05) is 32.7 Å². The Hall–Kier alpha value is -2.78. The van der Waals surface area contributed by atoms with E-state index in [9.17, 15) is 22.8 Å². The molecular weight excluding hydrogens is 442 g/mol. The Kier molecular flexibility index (Phi) is 5.70. The van der Waals surface area contributed by atoms with Crippen LogP contribution in [0.15, 0.2) is 47.4 Å². The number of hydrogen-bond acceptors (Lipinski definition) is 5. The molecule has 2 aromatic rings. The van der Waals surface area contributed by atoms with Gasteiger partial charge in [-0.3, -0.25) is 19.3 Å². The highest BCUT2D eigenvalue weighted by Gasteiger charge is 2.48. The molecular formula is C24H27N3O5S. The predicted octanol–water partition coefficient (Wildman–Crippen LogP) is 1.85. The average Bonchev–Trinajstić information content (AvgIpc) is 3.08. The van der Waals surface area contributed by atoms with Crippen molar-refractivity contribution < 1.29 is 22.8 Å². The molecule has 0 spiro atoms. The van der Waals surface area contributed by atoms with Gasteiger partial charge in [-0.25, -0.2) is 8.42 Å². The number of imide groups is 1. The minimum atomic E-state index is -3.68. The van der Waals surface area contributed by atoms with Gasteiger partial charge in [-0.15, -0.1) is 0 Å². The molecule has 174 valence electrons. The number of piperazine rings is 1. The lowest BCUT2D eigenvalue weighted by molar-refractivity contribution is -0.147. The van der Waals surface area contributed by atoms with E-state index in [1.807, 2.05) is 24.3 Å². The fourth-order valence-corrected chi connectivity index (χ4v) is 6.73. The number of likely N-dealkylation sites (tertiary alicyclic amines) is 1. The summed E-state index contributed by atoms with van der Waals surface area (Å²) in [7, 11) is -3.68. The van der Waals surface area contributed by atoms with Crippen LogP contribution >= 0.6 is 0 Å². The van der Waals surface area contributed by atoms with Crippen molar-refractivity contribution in [3.8, 4) is 0 Å². The van der Waals surface area contributed by atoms with Gasteiger partial charge in [0.05, 0.1) is 16.7 Å². The molecule has 2 heterocycles. The molecule has 5 rings (SSSR count). The van der Waals surface area contributed by atoms with Crippen LogP contribution < -0.4 is 0 Å². The van der Waals surface area contributed by atoms with E-state index >= 15 is 0 Å². The van der Waals surface area contributed by atoms with E-state index in [4.69, 9.17) is 0 Å². The molecule has 3 aliphatic rings. The summed E-state index contributed by atoms with van der Waals surface area (Å²) in [6.07, 6.45) is 3.31. The lowest BCUT2D eigenvalue weighted by Crippen LogP contribution is -2.53. The molecule has 2 atom stereocenters. The van der Waals surface area contributed by atoms with Crippen molar-refractivity contribution in [2.24, 2.45) is 11.8 Å². The standard InChI is InChI=1S/C24H27N3O5S/c28-22(16-27-23(29)20-7-3-4-8-21(20)24(27)30)25-11-13-26(14-12-25)33(31,32)19-10-9-17-5-1-2-6-18(17)15-19/h1-2,5-6,9-10,15,20-21H,3-4,7-8,11-14,16H2. The second-order valence-corrected chi connectivity index (χ2v) is 11.0. The molecule has 1 aliphatic carbocycles. The molecule has 33 heavy (non-hydrogen) atoms. The van der Waals surface area contributed by atoms with Crippen LogP contribution in [0.25, 0.3) is 10.8 Å². The number of sulfonamides is 1. The summed E-state index contributed by atoms with van der Waals surface area (Å²) in [6, 6.07) is 12.7. The molecule has 0 bridgehead atoms. The molecule has 2 saturated heterocycles. The summed E-state index contributed by atoms with van der Waals surface area (Å²) >= 11 is 0. The molecule has 2 aliphatic heterocycles. The smallest absolute Gasteiger partial charge is 0.243 e. The van der Waals surface area contributed by atoms with Crippen LogP contribution in [0.3, 0.4) is 0 Å². The van der Waals surface area contributed by atoms with E-state index in [0.717, 1.165) is 28.5 Å². The number of fused-ring (bicyclic) bond motifs is 2. The molecule has 3 amide bonds. The van der Waals surface area contributed by atoms with E-state index in [2.05, 4.69) is 0 Å². The van der Waals surface area contributed by atoms with E-state index in [0.29, 0.717) is 12.8 Å². The highest BCUT2D eigenvalue weighted by atomic mass is 32.2. The van der Waals surface area contributed by atoms with Crippen LogP contribution in [-0.2, 0) is 24.4 Å². The van der Waals surface area contributed by atoms with Crippen molar-refractivity contribution in [3.05, 3.63) is 42.5 Å². The zero-order chi connectivity index (χ0) is 23.2. The first-order valence-corrected chi connectivity index (χ1v) is 12.9. The van der Waals surface area contributed by atoms with Crippen molar-refractivity contribution >= 4 is 38.5 Å². The van der Waals surface area contributed by atoms with E-state index < -0.39 is 10.0 Å². The maximum atomic E-state index is 13.1. The topological polar surface area (TPSA) is 95.1 Å². The normalized spacial score (nSPS) is 24.4.